The highest BCUT2D eigenvalue weighted by atomic mass is 16.5. The maximum Gasteiger partial charge on any atom is 0.270 e. The molecule has 2 bridgehead atoms. The molecule has 7 nitrogen and oxygen atoms in total. The molecule has 2 aromatic rings. The lowest BCUT2D eigenvalue weighted by atomic mass is 9.97. The molecular weight excluding hydrogens is 332 g/mol. The van der Waals surface area contributed by atoms with E-state index in [4.69, 9.17) is 9.15 Å². The third-order valence-electron chi connectivity index (χ3n) is 5.75. The number of anilines is 1. The van der Waals surface area contributed by atoms with Crippen LogP contribution in [0.2, 0.25) is 0 Å². The van der Waals surface area contributed by atoms with E-state index in [9.17, 15) is 4.79 Å². The van der Waals surface area contributed by atoms with Gasteiger partial charge in [0.2, 0.25) is 0 Å². The first-order valence-electron chi connectivity index (χ1n) is 9.50. The molecule has 1 N–H and O–H groups in total. The highest BCUT2D eigenvalue weighted by molar-refractivity contribution is 5.95. The number of fused-ring (bicyclic) bond motifs is 3. The number of carbonyl (C=O) groups excluding carboxylic acids is 1. The van der Waals surface area contributed by atoms with Crippen molar-refractivity contribution in [3.63, 3.8) is 0 Å². The lowest BCUT2D eigenvalue weighted by molar-refractivity contribution is 0.0904. The van der Waals surface area contributed by atoms with Crippen LogP contribution < -0.4 is 10.2 Å². The maximum absolute atomic E-state index is 12.6. The van der Waals surface area contributed by atoms with Gasteiger partial charge >= 0.3 is 0 Å². The molecule has 138 valence electrons. The predicted octanol–water partition coefficient (Wildman–Crippen LogP) is 1.49. The Balaban J connectivity index is 1.31. The number of rotatable bonds is 3. The standard InChI is InChI=1S/C19H24N4O3/c24-19(21-15-7-13-1-2-22(11-13)12-15)16-9-17-14(10-20-16)8-18(26-17)23-3-5-25-6-4-23/h8-10,13,15H,1-7,11-12H2,(H,21,24)/t13-,15-/m1/s1. The second-order valence-corrected chi connectivity index (χ2v) is 7.61. The molecule has 3 saturated heterocycles. The van der Waals surface area contributed by atoms with Crippen molar-refractivity contribution in [3.8, 4) is 0 Å². The minimum absolute atomic E-state index is 0.108. The predicted molar refractivity (Wildman–Crippen MR) is 97.5 cm³/mol. The number of amides is 1. The molecule has 1 amide bonds. The zero-order chi connectivity index (χ0) is 17.5. The van der Waals surface area contributed by atoms with E-state index in [0.717, 1.165) is 49.8 Å². The van der Waals surface area contributed by atoms with Crippen LogP contribution in [0.25, 0.3) is 11.0 Å². The molecule has 3 atom stereocenters. The Morgan fingerprint density at radius 2 is 2.08 bits per heavy atom. The Morgan fingerprint density at radius 1 is 1.19 bits per heavy atom. The zero-order valence-electron chi connectivity index (χ0n) is 14.8. The number of carbonyl (C=O) groups is 1. The Morgan fingerprint density at radius 3 is 2.92 bits per heavy atom. The van der Waals surface area contributed by atoms with Crippen molar-refractivity contribution < 1.29 is 13.9 Å². The molecule has 1 unspecified atom stereocenters. The van der Waals surface area contributed by atoms with Gasteiger partial charge in [-0.25, -0.2) is 0 Å². The molecule has 0 spiro atoms. The minimum Gasteiger partial charge on any atom is -0.440 e. The molecule has 5 rings (SSSR count). The van der Waals surface area contributed by atoms with E-state index in [1.165, 1.54) is 13.0 Å². The highest BCUT2D eigenvalue weighted by Gasteiger charge is 2.33. The number of nitrogens with one attached hydrogen (secondary N) is 1. The van der Waals surface area contributed by atoms with Gasteiger partial charge in [0.25, 0.3) is 5.91 Å². The summed E-state index contributed by atoms with van der Waals surface area (Å²) in [6, 6.07) is 3.97. The van der Waals surface area contributed by atoms with Crippen molar-refractivity contribution >= 4 is 22.8 Å². The summed E-state index contributed by atoms with van der Waals surface area (Å²) in [5, 5.41) is 4.08. The molecule has 26 heavy (non-hydrogen) atoms. The van der Waals surface area contributed by atoms with Crippen LogP contribution in [0.5, 0.6) is 0 Å². The molecule has 0 saturated carbocycles. The summed E-state index contributed by atoms with van der Waals surface area (Å²) >= 11 is 0. The van der Waals surface area contributed by atoms with E-state index in [1.807, 2.05) is 6.07 Å². The van der Waals surface area contributed by atoms with E-state index < -0.39 is 0 Å². The molecule has 5 heterocycles. The lowest BCUT2D eigenvalue weighted by Gasteiger charge is -2.30. The number of pyridine rings is 1. The Bertz CT molecular complexity index is 802. The van der Waals surface area contributed by atoms with Crippen molar-refractivity contribution in [2.75, 3.05) is 50.8 Å². The molecular formula is C19H24N4O3. The fourth-order valence-corrected chi connectivity index (χ4v) is 4.41. The number of nitrogens with zero attached hydrogens (tertiary/aromatic N) is 3. The minimum atomic E-state index is -0.108. The smallest absolute Gasteiger partial charge is 0.270 e. The average Bonchev–Trinajstić information content (AvgIpc) is 3.24. The van der Waals surface area contributed by atoms with Crippen molar-refractivity contribution in [2.45, 2.75) is 18.9 Å². The largest absolute Gasteiger partial charge is 0.440 e. The first-order chi connectivity index (χ1) is 12.7. The molecule has 3 aliphatic heterocycles. The van der Waals surface area contributed by atoms with Gasteiger partial charge in [0.05, 0.1) is 13.2 Å². The number of morpholine rings is 1. The first kappa shape index (κ1) is 16.1. The normalized spacial score (nSPS) is 28.5. The fraction of sp³-hybridized carbons (Fsp3) is 0.579. The zero-order valence-corrected chi connectivity index (χ0v) is 14.8. The summed E-state index contributed by atoms with van der Waals surface area (Å²) in [7, 11) is 0. The van der Waals surface area contributed by atoms with Gasteiger partial charge in [-0.1, -0.05) is 0 Å². The molecule has 0 aromatic carbocycles. The molecule has 2 aromatic heterocycles. The van der Waals surface area contributed by atoms with E-state index in [0.29, 0.717) is 24.5 Å². The molecule has 3 fully saturated rings. The van der Waals surface area contributed by atoms with Crippen molar-refractivity contribution in [3.05, 3.63) is 24.0 Å². The summed E-state index contributed by atoms with van der Waals surface area (Å²) in [6.07, 6.45) is 4.06. The first-order valence-corrected chi connectivity index (χ1v) is 9.50. The summed E-state index contributed by atoms with van der Waals surface area (Å²) < 4.78 is 11.4. The summed E-state index contributed by atoms with van der Waals surface area (Å²) in [6.45, 7) is 6.36. The van der Waals surface area contributed by atoms with Crippen LogP contribution in [0, 0.1) is 5.92 Å². The third kappa shape index (κ3) is 3.05. The van der Waals surface area contributed by atoms with Crippen LogP contribution in [0.3, 0.4) is 0 Å². The molecule has 0 aliphatic carbocycles. The van der Waals surface area contributed by atoms with Gasteiger partial charge in [0, 0.05) is 55.9 Å². The van der Waals surface area contributed by atoms with E-state index in [-0.39, 0.29) is 11.9 Å². The third-order valence-corrected chi connectivity index (χ3v) is 5.75. The Labute approximate surface area is 152 Å². The quantitative estimate of drug-likeness (QED) is 0.898. The monoisotopic (exact) mass is 356 g/mol. The number of ether oxygens (including phenoxy) is 1. The summed E-state index contributed by atoms with van der Waals surface area (Å²) in [5.41, 5.74) is 1.13. The van der Waals surface area contributed by atoms with Crippen LogP contribution in [-0.4, -0.2) is 67.8 Å². The van der Waals surface area contributed by atoms with Gasteiger partial charge in [-0.15, -0.1) is 0 Å². The van der Waals surface area contributed by atoms with Gasteiger partial charge < -0.3 is 24.3 Å². The van der Waals surface area contributed by atoms with Crippen LogP contribution in [0.15, 0.2) is 22.7 Å². The Kier molecular flexibility index (Phi) is 4.05. The SMILES string of the molecule is O=C(N[C@@H]1C[C@H]2CCN(C2)C1)c1cc2oc(N3CCOCC3)cc2cn1. The van der Waals surface area contributed by atoms with Crippen molar-refractivity contribution in [2.24, 2.45) is 5.92 Å². The summed E-state index contributed by atoms with van der Waals surface area (Å²) in [5.74, 6) is 1.44. The van der Waals surface area contributed by atoms with Crippen LogP contribution in [0.4, 0.5) is 5.88 Å². The summed E-state index contributed by atoms with van der Waals surface area (Å²) in [4.78, 5) is 21.6. The van der Waals surface area contributed by atoms with Crippen molar-refractivity contribution in [1.82, 2.24) is 15.2 Å². The second kappa shape index (κ2) is 6.55. The van der Waals surface area contributed by atoms with E-state index in [2.05, 4.69) is 20.1 Å². The Hall–Kier alpha value is -2.12. The maximum atomic E-state index is 12.6. The van der Waals surface area contributed by atoms with Crippen LogP contribution in [-0.2, 0) is 4.74 Å². The number of piperidine rings is 1. The van der Waals surface area contributed by atoms with Gasteiger partial charge in [-0.2, -0.15) is 0 Å². The molecule has 0 radical (unpaired) electrons. The molecule has 7 heteroatoms. The van der Waals surface area contributed by atoms with Gasteiger partial charge in [0.15, 0.2) is 5.88 Å². The van der Waals surface area contributed by atoms with E-state index >= 15 is 0 Å². The average molecular weight is 356 g/mol. The number of aromatic nitrogens is 1. The van der Waals surface area contributed by atoms with Gasteiger partial charge in [-0.3, -0.25) is 9.78 Å². The number of furan rings is 1. The fourth-order valence-electron chi connectivity index (χ4n) is 4.41. The topological polar surface area (TPSA) is 70.8 Å². The van der Waals surface area contributed by atoms with Gasteiger partial charge in [0.1, 0.15) is 11.3 Å². The number of hydrogen-bond acceptors (Lipinski definition) is 6. The highest BCUT2D eigenvalue weighted by Crippen LogP contribution is 2.28. The van der Waals surface area contributed by atoms with Crippen LogP contribution >= 0.6 is 0 Å². The van der Waals surface area contributed by atoms with Crippen molar-refractivity contribution in [1.29, 1.82) is 0 Å². The van der Waals surface area contributed by atoms with Gasteiger partial charge in [-0.05, 0) is 25.3 Å². The van der Waals surface area contributed by atoms with Crippen LogP contribution in [0.1, 0.15) is 23.3 Å². The molecule has 3 aliphatic rings. The van der Waals surface area contributed by atoms with E-state index in [1.54, 1.807) is 12.3 Å². The lowest BCUT2D eigenvalue weighted by Crippen LogP contribution is -2.47. The number of hydrogen-bond donors (Lipinski definition) is 1. The second-order valence-electron chi connectivity index (χ2n) is 7.61.